The number of amides is 1. The first-order valence-electron chi connectivity index (χ1n) is 5.30. The fourth-order valence-corrected chi connectivity index (χ4v) is 2.37. The highest BCUT2D eigenvalue weighted by molar-refractivity contribution is 7.07. The van der Waals surface area contributed by atoms with Crippen molar-refractivity contribution in [1.29, 1.82) is 0 Å². The third-order valence-electron chi connectivity index (χ3n) is 2.74. The Kier molecular flexibility index (Phi) is 5.25. The van der Waals surface area contributed by atoms with E-state index in [4.69, 9.17) is 5.73 Å². The summed E-state index contributed by atoms with van der Waals surface area (Å²) in [5, 5.41) is 7.01. The standard InChI is InChI=1S/C11H16N2OS.ClH/c12-6-10(9-1-2-9)13-11(14)5-8-3-4-15-7-8;/h3-4,7,9-10H,1-2,5-6,12H2,(H,13,14);1H. The van der Waals surface area contributed by atoms with Crippen molar-refractivity contribution in [1.82, 2.24) is 5.32 Å². The molecule has 1 fully saturated rings. The molecule has 16 heavy (non-hydrogen) atoms. The van der Waals surface area contributed by atoms with Crippen molar-refractivity contribution in [2.45, 2.75) is 25.3 Å². The van der Waals surface area contributed by atoms with Gasteiger partial charge in [-0.2, -0.15) is 11.3 Å². The summed E-state index contributed by atoms with van der Waals surface area (Å²) in [5.74, 6) is 0.720. The lowest BCUT2D eigenvalue weighted by atomic mass is 10.1. The Hall–Kier alpha value is -0.580. The molecule has 1 amide bonds. The molecule has 1 aliphatic carbocycles. The monoisotopic (exact) mass is 260 g/mol. The molecule has 0 saturated heterocycles. The topological polar surface area (TPSA) is 55.1 Å². The first-order valence-corrected chi connectivity index (χ1v) is 6.24. The van der Waals surface area contributed by atoms with Crippen LogP contribution in [0, 0.1) is 5.92 Å². The molecule has 0 radical (unpaired) electrons. The summed E-state index contributed by atoms with van der Waals surface area (Å²) in [5.41, 5.74) is 6.71. The maximum atomic E-state index is 11.6. The molecule has 3 N–H and O–H groups in total. The molecule has 1 unspecified atom stereocenters. The molecule has 1 aromatic heterocycles. The molecule has 2 rings (SSSR count). The van der Waals surface area contributed by atoms with Crippen LogP contribution < -0.4 is 11.1 Å². The van der Waals surface area contributed by atoms with Crippen LogP contribution in [0.5, 0.6) is 0 Å². The zero-order chi connectivity index (χ0) is 10.7. The molecule has 1 heterocycles. The van der Waals surface area contributed by atoms with Gasteiger partial charge in [-0.25, -0.2) is 0 Å². The van der Waals surface area contributed by atoms with Crippen LogP contribution in [0.1, 0.15) is 18.4 Å². The Morgan fingerprint density at radius 1 is 1.62 bits per heavy atom. The van der Waals surface area contributed by atoms with E-state index in [0.29, 0.717) is 18.9 Å². The molecular formula is C11H17ClN2OS. The minimum absolute atomic E-state index is 0. The summed E-state index contributed by atoms with van der Waals surface area (Å²) in [7, 11) is 0. The fourth-order valence-electron chi connectivity index (χ4n) is 1.70. The van der Waals surface area contributed by atoms with Gasteiger partial charge in [0.05, 0.1) is 6.42 Å². The van der Waals surface area contributed by atoms with E-state index in [-0.39, 0.29) is 24.4 Å². The lowest BCUT2D eigenvalue weighted by Crippen LogP contribution is -2.42. The van der Waals surface area contributed by atoms with Crippen molar-refractivity contribution in [3.05, 3.63) is 22.4 Å². The van der Waals surface area contributed by atoms with Gasteiger partial charge in [0.2, 0.25) is 5.91 Å². The van der Waals surface area contributed by atoms with E-state index in [1.165, 1.54) is 12.8 Å². The number of carbonyl (C=O) groups excluding carboxylic acids is 1. The van der Waals surface area contributed by atoms with Crippen molar-refractivity contribution in [2.75, 3.05) is 6.54 Å². The van der Waals surface area contributed by atoms with Gasteiger partial charge >= 0.3 is 0 Å². The van der Waals surface area contributed by atoms with Crippen molar-refractivity contribution in [3.8, 4) is 0 Å². The largest absolute Gasteiger partial charge is 0.352 e. The molecular weight excluding hydrogens is 244 g/mol. The predicted octanol–water partition coefficient (Wildman–Crippen LogP) is 1.57. The number of carbonyl (C=O) groups is 1. The molecule has 0 aliphatic heterocycles. The van der Waals surface area contributed by atoms with Crippen LogP contribution in [0.15, 0.2) is 16.8 Å². The minimum atomic E-state index is 0. The third kappa shape index (κ3) is 3.77. The first-order chi connectivity index (χ1) is 7.29. The number of nitrogens with one attached hydrogen (secondary N) is 1. The van der Waals surface area contributed by atoms with E-state index >= 15 is 0 Å². The molecule has 1 atom stereocenters. The summed E-state index contributed by atoms with van der Waals surface area (Å²) in [6.07, 6.45) is 2.90. The van der Waals surface area contributed by atoms with E-state index in [1.807, 2.05) is 16.8 Å². The maximum absolute atomic E-state index is 11.6. The van der Waals surface area contributed by atoms with E-state index < -0.39 is 0 Å². The quantitative estimate of drug-likeness (QED) is 0.844. The Bertz CT molecular complexity index is 325. The molecule has 1 aromatic rings. The second-order valence-corrected chi connectivity index (χ2v) is 4.84. The second-order valence-electron chi connectivity index (χ2n) is 4.06. The smallest absolute Gasteiger partial charge is 0.224 e. The highest BCUT2D eigenvalue weighted by Gasteiger charge is 2.31. The number of thiophene rings is 1. The van der Waals surface area contributed by atoms with Crippen LogP contribution in [0.2, 0.25) is 0 Å². The molecule has 0 spiro atoms. The maximum Gasteiger partial charge on any atom is 0.224 e. The highest BCUT2D eigenvalue weighted by Crippen LogP contribution is 2.32. The highest BCUT2D eigenvalue weighted by atomic mass is 35.5. The van der Waals surface area contributed by atoms with Gasteiger partial charge in [-0.3, -0.25) is 4.79 Å². The second kappa shape index (κ2) is 6.23. The van der Waals surface area contributed by atoms with Crippen LogP contribution in [0.3, 0.4) is 0 Å². The summed E-state index contributed by atoms with van der Waals surface area (Å²) < 4.78 is 0. The zero-order valence-corrected chi connectivity index (χ0v) is 10.7. The number of rotatable bonds is 5. The Morgan fingerprint density at radius 3 is 2.88 bits per heavy atom. The van der Waals surface area contributed by atoms with Crippen LogP contribution in [-0.4, -0.2) is 18.5 Å². The van der Waals surface area contributed by atoms with Gasteiger partial charge in [0.25, 0.3) is 0 Å². The molecule has 0 aromatic carbocycles. The average Bonchev–Trinajstić information content (AvgIpc) is 2.95. The van der Waals surface area contributed by atoms with Crippen molar-refractivity contribution < 1.29 is 4.79 Å². The van der Waals surface area contributed by atoms with Crippen molar-refractivity contribution >= 4 is 29.7 Å². The molecule has 3 nitrogen and oxygen atoms in total. The van der Waals surface area contributed by atoms with Gasteiger partial charge in [-0.15, -0.1) is 12.4 Å². The normalized spacial score (nSPS) is 16.3. The van der Waals surface area contributed by atoms with Gasteiger partial charge in [-0.1, -0.05) is 0 Å². The van der Waals surface area contributed by atoms with E-state index in [0.717, 1.165) is 5.56 Å². The molecule has 0 bridgehead atoms. The summed E-state index contributed by atoms with van der Waals surface area (Å²) >= 11 is 1.62. The zero-order valence-electron chi connectivity index (χ0n) is 9.02. The van der Waals surface area contributed by atoms with Crippen LogP contribution in [0.4, 0.5) is 0 Å². The van der Waals surface area contributed by atoms with Crippen LogP contribution in [-0.2, 0) is 11.2 Å². The SMILES string of the molecule is Cl.NCC(NC(=O)Cc1ccsc1)C1CC1. The summed E-state index contributed by atoms with van der Waals surface area (Å²) in [6.45, 7) is 0.556. The fraction of sp³-hybridized carbons (Fsp3) is 0.545. The third-order valence-corrected chi connectivity index (χ3v) is 3.47. The first kappa shape index (κ1) is 13.5. The predicted molar refractivity (Wildman–Crippen MR) is 69.0 cm³/mol. The number of hydrogen-bond acceptors (Lipinski definition) is 3. The summed E-state index contributed by atoms with van der Waals surface area (Å²) in [6, 6.07) is 2.18. The van der Waals surface area contributed by atoms with E-state index in [9.17, 15) is 4.79 Å². The molecule has 90 valence electrons. The Balaban J connectivity index is 0.00000128. The van der Waals surface area contributed by atoms with E-state index in [2.05, 4.69) is 5.32 Å². The molecule has 1 aliphatic rings. The number of nitrogens with two attached hydrogens (primary N) is 1. The molecule has 1 saturated carbocycles. The minimum Gasteiger partial charge on any atom is -0.352 e. The lowest BCUT2D eigenvalue weighted by Gasteiger charge is -2.15. The number of halogens is 1. The average molecular weight is 261 g/mol. The van der Waals surface area contributed by atoms with Crippen molar-refractivity contribution in [3.63, 3.8) is 0 Å². The number of hydrogen-bond donors (Lipinski definition) is 2. The van der Waals surface area contributed by atoms with Crippen molar-refractivity contribution in [2.24, 2.45) is 11.7 Å². The van der Waals surface area contributed by atoms with Gasteiger partial charge in [0.1, 0.15) is 0 Å². The van der Waals surface area contributed by atoms with Gasteiger partial charge in [0, 0.05) is 12.6 Å². The van der Waals surface area contributed by atoms with Gasteiger partial charge in [0.15, 0.2) is 0 Å². The van der Waals surface area contributed by atoms with Gasteiger partial charge in [-0.05, 0) is 41.1 Å². The van der Waals surface area contributed by atoms with Crippen LogP contribution in [0.25, 0.3) is 0 Å². The van der Waals surface area contributed by atoms with E-state index in [1.54, 1.807) is 11.3 Å². The van der Waals surface area contributed by atoms with Crippen LogP contribution >= 0.6 is 23.7 Å². The Labute approximate surface area is 106 Å². The molecule has 5 heteroatoms. The summed E-state index contributed by atoms with van der Waals surface area (Å²) in [4.78, 5) is 11.6. The lowest BCUT2D eigenvalue weighted by molar-refractivity contribution is -0.121. The Morgan fingerprint density at radius 2 is 2.38 bits per heavy atom. The van der Waals surface area contributed by atoms with Gasteiger partial charge < -0.3 is 11.1 Å².